The van der Waals surface area contributed by atoms with Gasteiger partial charge in [0.2, 0.25) is 0 Å². The van der Waals surface area contributed by atoms with Crippen LogP contribution in [0.25, 0.3) is 16.8 Å². The first-order valence-electron chi connectivity index (χ1n) is 16.6. The van der Waals surface area contributed by atoms with Crippen molar-refractivity contribution in [3.8, 4) is 16.8 Å². The highest BCUT2D eigenvalue weighted by Gasteiger charge is 2.30. The van der Waals surface area contributed by atoms with Crippen LogP contribution in [-0.2, 0) is 13.0 Å². The number of halogens is 1. The maximum atomic E-state index is 14.6. The Morgan fingerprint density at radius 3 is 2.21 bits per heavy atom. The fourth-order valence-electron chi connectivity index (χ4n) is 6.19. The van der Waals surface area contributed by atoms with E-state index in [1.165, 1.54) is 5.56 Å². The zero-order valence-corrected chi connectivity index (χ0v) is 28.7. The van der Waals surface area contributed by atoms with Crippen LogP contribution >= 0.6 is 11.6 Å². The molecule has 0 unspecified atom stereocenters. The molecule has 2 heterocycles. The number of rotatable bonds is 11. The summed E-state index contributed by atoms with van der Waals surface area (Å²) in [6, 6.07) is 20.9. The second kappa shape index (κ2) is 15.0. The highest BCUT2D eigenvalue weighted by Crippen LogP contribution is 2.32. The lowest BCUT2D eigenvalue weighted by Gasteiger charge is -2.35. The monoisotopic (exact) mass is 653 g/mol. The number of carbonyl (C=O) groups excluding carboxylic acids is 3. The molecular formula is C38H44ClN5O3. The number of nitrogens with zero attached hydrogens (tertiary/aromatic N) is 4. The summed E-state index contributed by atoms with van der Waals surface area (Å²) in [5, 5.41) is 7.79. The number of benzene rings is 3. The van der Waals surface area contributed by atoms with Crippen molar-refractivity contribution in [2.24, 2.45) is 0 Å². The van der Waals surface area contributed by atoms with Crippen LogP contribution in [0.3, 0.4) is 0 Å². The van der Waals surface area contributed by atoms with Crippen molar-refractivity contribution in [2.75, 3.05) is 20.1 Å². The summed E-state index contributed by atoms with van der Waals surface area (Å²) in [7, 11) is 1.56. The molecule has 0 fully saturated rings. The predicted molar refractivity (Wildman–Crippen MR) is 187 cm³/mol. The summed E-state index contributed by atoms with van der Waals surface area (Å²) >= 11 is 6.36. The molecule has 1 aliphatic heterocycles. The first-order chi connectivity index (χ1) is 22.7. The Bertz CT molecular complexity index is 1770. The standard InChI is InChI=1S/C38H44ClN5O3/c1-6-8-18-42(19-9-7-2)38(47)34-21-26(4)44(41-34)35-17-15-29(28-14-16-33(39)31(22-28)36(45)40-5)23-32(35)37(46)43-24-30-13-11-10-12-27(30)20-25(43)3/h10-17,21-23,25H,6-9,18-20,24H2,1-5H3,(H,40,45)/t25-/m1/s1. The van der Waals surface area contributed by atoms with Gasteiger partial charge >= 0.3 is 0 Å². The number of unbranched alkanes of at least 4 members (excludes halogenated alkanes) is 2. The third kappa shape index (κ3) is 7.28. The van der Waals surface area contributed by atoms with Gasteiger partial charge in [-0.2, -0.15) is 5.10 Å². The minimum absolute atomic E-state index is 0.0224. The van der Waals surface area contributed by atoms with Crippen LogP contribution in [0.2, 0.25) is 5.02 Å². The normalized spacial score (nSPS) is 14.1. The maximum Gasteiger partial charge on any atom is 0.274 e. The molecular weight excluding hydrogens is 610 g/mol. The van der Waals surface area contributed by atoms with Gasteiger partial charge in [-0.3, -0.25) is 14.4 Å². The number of fused-ring (bicyclic) bond motifs is 1. The van der Waals surface area contributed by atoms with Crippen molar-refractivity contribution in [3.05, 3.63) is 105 Å². The van der Waals surface area contributed by atoms with E-state index in [-0.39, 0.29) is 23.8 Å². The van der Waals surface area contributed by atoms with Gasteiger partial charge in [-0.15, -0.1) is 0 Å². The summed E-state index contributed by atoms with van der Waals surface area (Å²) in [4.78, 5) is 44.6. The van der Waals surface area contributed by atoms with E-state index in [2.05, 4.69) is 38.2 Å². The molecule has 47 heavy (non-hydrogen) atoms. The van der Waals surface area contributed by atoms with E-state index in [4.69, 9.17) is 16.7 Å². The second-order valence-electron chi connectivity index (χ2n) is 12.3. The summed E-state index contributed by atoms with van der Waals surface area (Å²) in [5.74, 6) is -0.510. The number of hydrogen-bond donors (Lipinski definition) is 1. The summed E-state index contributed by atoms with van der Waals surface area (Å²) in [5.41, 5.74) is 6.43. The molecule has 3 amide bonds. The first kappa shape index (κ1) is 33.9. The van der Waals surface area contributed by atoms with Gasteiger partial charge in [-0.25, -0.2) is 4.68 Å². The van der Waals surface area contributed by atoms with Crippen molar-refractivity contribution < 1.29 is 14.4 Å². The number of hydrogen-bond acceptors (Lipinski definition) is 4. The Labute approximate surface area is 282 Å². The average Bonchev–Trinajstić information content (AvgIpc) is 3.48. The average molecular weight is 654 g/mol. The molecule has 0 spiro atoms. The SMILES string of the molecule is CCCCN(CCCC)C(=O)c1cc(C)n(-c2ccc(-c3ccc(Cl)c(C(=O)NC)c3)cc2C(=O)N2Cc3ccccc3C[C@H]2C)n1. The van der Waals surface area contributed by atoms with E-state index in [0.29, 0.717) is 47.2 Å². The van der Waals surface area contributed by atoms with Gasteiger partial charge in [0, 0.05) is 38.4 Å². The number of nitrogens with one attached hydrogen (secondary N) is 1. The minimum atomic E-state index is -0.290. The molecule has 1 aliphatic rings. The number of carbonyl (C=O) groups is 3. The van der Waals surface area contributed by atoms with Crippen LogP contribution in [0.15, 0.2) is 66.7 Å². The third-order valence-electron chi connectivity index (χ3n) is 8.95. The molecule has 4 aromatic rings. The largest absolute Gasteiger partial charge is 0.355 e. The quantitative estimate of drug-likeness (QED) is 0.182. The van der Waals surface area contributed by atoms with Gasteiger partial charge in [0.05, 0.1) is 21.8 Å². The molecule has 0 bridgehead atoms. The van der Waals surface area contributed by atoms with Crippen molar-refractivity contribution >= 4 is 29.3 Å². The van der Waals surface area contributed by atoms with Gasteiger partial charge in [0.15, 0.2) is 5.69 Å². The van der Waals surface area contributed by atoms with E-state index in [1.54, 1.807) is 23.9 Å². The van der Waals surface area contributed by atoms with Crippen molar-refractivity contribution in [3.63, 3.8) is 0 Å². The molecule has 9 heteroatoms. The van der Waals surface area contributed by atoms with Crippen LogP contribution < -0.4 is 5.32 Å². The first-order valence-corrected chi connectivity index (χ1v) is 16.9. The molecule has 1 atom stereocenters. The molecule has 3 aromatic carbocycles. The fraction of sp³-hybridized carbons (Fsp3) is 0.368. The van der Waals surface area contributed by atoms with Crippen LogP contribution in [-0.4, -0.2) is 63.5 Å². The van der Waals surface area contributed by atoms with Crippen molar-refractivity contribution in [1.29, 1.82) is 0 Å². The van der Waals surface area contributed by atoms with Crippen molar-refractivity contribution in [1.82, 2.24) is 24.9 Å². The maximum absolute atomic E-state index is 14.6. The lowest BCUT2D eigenvalue weighted by Crippen LogP contribution is -2.43. The molecule has 0 aliphatic carbocycles. The molecule has 0 saturated carbocycles. The van der Waals surface area contributed by atoms with E-state index >= 15 is 0 Å². The van der Waals surface area contributed by atoms with Crippen LogP contribution in [0, 0.1) is 6.92 Å². The van der Waals surface area contributed by atoms with E-state index < -0.39 is 0 Å². The summed E-state index contributed by atoms with van der Waals surface area (Å²) in [6.07, 6.45) is 4.61. The Balaban J connectivity index is 1.60. The molecule has 5 rings (SSSR count). The molecule has 246 valence electrons. The Morgan fingerprint density at radius 2 is 1.55 bits per heavy atom. The molecule has 0 radical (unpaired) electrons. The summed E-state index contributed by atoms with van der Waals surface area (Å²) < 4.78 is 1.71. The minimum Gasteiger partial charge on any atom is -0.355 e. The third-order valence-corrected chi connectivity index (χ3v) is 9.28. The van der Waals surface area contributed by atoms with E-state index in [9.17, 15) is 14.4 Å². The summed E-state index contributed by atoms with van der Waals surface area (Å²) in [6.45, 7) is 10.1. The van der Waals surface area contributed by atoms with Gasteiger partial charge in [-0.1, -0.05) is 74.7 Å². The van der Waals surface area contributed by atoms with Crippen molar-refractivity contribution in [2.45, 2.75) is 72.4 Å². The Morgan fingerprint density at radius 1 is 0.915 bits per heavy atom. The van der Waals surface area contributed by atoms with E-state index in [0.717, 1.165) is 54.5 Å². The highest BCUT2D eigenvalue weighted by molar-refractivity contribution is 6.34. The predicted octanol–water partition coefficient (Wildman–Crippen LogP) is 7.49. The lowest BCUT2D eigenvalue weighted by atomic mass is 9.93. The smallest absolute Gasteiger partial charge is 0.274 e. The number of aromatic nitrogens is 2. The number of aryl methyl sites for hydroxylation is 1. The zero-order valence-electron chi connectivity index (χ0n) is 28.0. The fourth-order valence-corrected chi connectivity index (χ4v) is 6.39. The molecule has 1 N–H and O–H groups in total. The van der Waals surface area contributed by atoms with E-state index in [1.807, 2.05) is 59.2 Å². The lowest BCUT2D eigenvalue weighted by molar-refractivity contribution is 0.0657. The van der Waals surface area contributed by atoms with Gasteiger partial charge < -0.3 is 15.1 Å². The molecule has 1 aromatic heterocycles. The Kier molecular flexibility index (Phi) is 10.8. The Hall–Kier alpha value is -4.43. The second-order valence-corrected chi connectivity index (χ2v) is 12.7. The van der Waals surface area contributed by atoms with Crippen LogP contribution in [0.1, 0.15) is 94.5 Å². The van der Waals surface area contributed by atoms with Gasteiger partial charge in [0.25, 0.3) is 17.7 Å². The molecule has 0 saturated heterocycles. The topological polar surface area (TPSA) is 87.5 Å². The van der Waals surface area contributed by atoms with Crippen LogP contribution in [0.5, 0.6) is 0 Å². The number of amides is 3. The van der Waals surface area contributed by atoms with Gasteiger partial charge in [-0.05, 0) is 85.7 Å². The van der Waals surface area contributed by atoms with Gasteiger partial charge in [0.1, 0.15) is 0 Å². The molecule has 8 nitrogen and oxygen atoms in total. The van der Waals surface area contributed by atoms with Crippen LogP contribution in [0.4, 0.5) is 0 Å². The highest BCUT2D eigenvalue weighted by atomic mass is 35.5. The zero-order chi connectivity index (χ0) is 33.7.